The number of halogens is 3. The lowest BCUT2D eigenvalue weighted by Gasteiger charge is -2.26. The zero-order valence-corrected chi connectivity index (χ0v) is 20.8. The molecule has 0 aromatic heterocycles. The zero-order chi connectivity index (χ0) is 23.5. The minimum atomic E-state index is -0.818. The van der Waals surface area contributed by atoms with Gasteiger partial charge in [0.2, 0.25) is 0 Å². The van der Waals surface area contributed by atoms with Crippen LogP contribution in [0.3, 0.4) is 0 Å². The molecular formula is C24H15Br2ClN2O4. The number of anilines is 1. The van der Waals surface area contributed by atoms with Crippen LogP contribution in [0.4, 0.5) is 10.5 Å². The van der Waals surface area contributed by atoms with Crippen LogP contribution >= 0.6 is 43.5 Å². The first-order valence-electron chi connectivity index (χ1n) is 9.66. The number of urea groups is 1. The summed E-state index contributed by atoms with van der Waals surface area (Å²) < 4.78 is 7.48. The topological polar surface area (TPSA) is 75.7 Å². The largest absolute Gasteiger partial charge is 0.488 e. The Morgan fingerprint density at radius 3 is 2.36 bits per heavy atom. The van der Waals surface area contributed by atoms with Crippen LogP contribution in [0.1, 0.15) is 11.1 Å². The Balaban J connectivity index is 1.57. The van der Waals surface area contributed by atoms with E-state index < -0.39 is 17.8 Å². The van der Waals surface area contributed by atoms with Crippen molar-refractivity contribution in [1.29, 1.82) is 0 Å². The number of nitrogens with zero attached hydrogens (tertiary/aromatic N) is 1. The molecule has 9 heteroatoms. The van der Waals surface area contributed by atoms with Crippen molar-refractivity contribution in [1.82, 2.24) is 5.32 Å². The van der Waals surface area contributed by atoms with Crippen molar-refractivity contribution in [3.8, 4) is 5.75 Å². The van der Waals surface area contributed by atoms with Crippen LogP contribution in [-0.4, -0.2) is 17.8 Å². The maximum Gasteiger partial charge on any atom is 0.335 e. The third kappa shape index (κ3) is 5.19. The lowest BCUT2D eigenvalue weighted by Crippen LogP contribution is -2.54. The number of carbonyl (C=O) groups excluding carboxylic acids is 3. The van der Waals surface area contributed by atoms with Crippen molar-refractivity contribution in [2.45, 2.75) is 6.61 Å². The molecule has 1 aliphatic rings. The molecule has 0 saturated carbocycles. The van der Waals surface area contributed by atoms with Crippen molar-refractivity contribution >= 4 is 73.1 Å². The van der Waals surface area contributed by atoms with E-state index in [0.29, 0.717) is 33.1 Å². The third-order valence-electron chi connectivity index (χ3n) is 4.79. The monoisotopic (exact) mass is 588 g/mol. The summed E-state index contributed by atoms with van der Waals surface area (Å²) in [7, 11) is 0. The summed E-state index contributed by atoms with van der Waals surface area (Å²) in [5, 5.41) is 2.66. The van der Waals surface area contributed by atoms with E-state index in [0.717, 1.165) is 14.9 Å². The zero-order valence-electron chi connectivity index (χ0n) is 16.8. The Hall–Kier alpha value is -2.94. The standard InChI is InChI=1S/C24H15Br2ClN2O4/c25-19-4-2-1-3-15(19)13-33-21-10-5-14(12-20(21)26)11-18-22(30)28-24(32)29(23(18)31)17-8-6-16(27)7-9-17/h1-12H,13H2,(H,28,30,32)/b18-11+. The van der Waals surface area contributed by atoms with Crippen molar-refractivity contribution in [3.05, 3.63) is 97.4 Å². The van der Waals surface area contributed by atoms with E-state index in [2.05, 4.69) is 37.2 Å². The second kappa shape index (κ2) is 9.91. The molecule has 0 radical (unpaired) electrons. The minimum absolute atomic E-state index is 0.168. The number of amides is 4. The highest BCUT2D eigenvalue weighted by Gasteiger charge is 2.36. The summed E-state index contributed by atoms with van der Waals surface area (Å²) in [6, 6.07) is 18.3. The van der Waals surface area contributed by atoms with Gasteiger partial charge < -0.3 is 4.74 Å². The fourth-order valence-corrected chi connectivity index (χ4v) is 4.18. The number of ether oxygens (including phenoxy) is 1. The van der Waals surface area contributed by atoms with E-state index in [-0.39, 0.29) is 5.57 Å². The molecule has 4 rings (SSSR count). The molecular weight excluding hydrogens is 576 g/mol. The molecule has 1 aliphatic heterocycles. The van der Waals surface area contributed by atoms with Gasteiger partial charge in [0.25, 0.3) is 11.8 Å². The first-order chi connectivity index (χ1) is 15.8. The maximum atomic E-state index is 13.0. The van der Waals surface area contributed by atoms with E-state index in [4.69, 9.17) is 16.3 Å². The highest BCUT2D eigenvalue weighted by molar-refractivity contribution is 9.10. The number of carbonyl (C=O) groups is 3. The first-order valence-corrected chi connectivity index (χ1v) is 11.6. The molecule has 1 N–H and O–H groups in total. The predicted molar refractivity (Wildman–Crippen MR) is 133 cm³/mol. The Labute approximate surface area is 211 Å². The summed E-state index contributed by atoms with van der Waals surface area (Å²) >= 11 is 12.9. The lowest BCUT2D eigenvalue weighted by molar-refractivity contribution is -0.122. The highest BCUT2D eigenvalue weighted by Crippen LogP contribution is 2.30. The average Bonchev–Trinajstić information content (AvgIpc) is 2.78. The Kier molecular flexibility index (Phi) is 6.97. The molecule has 1 heterocycles. The van der Waals surface area contributed by atoms with Gasteiger partial charge in [-0.3, -0.25) is 14.9 Å². The van der Waals surface area contributed by atoms with E-state index in [1.807, 2.05) is 24.3 Å². The first kappa shape index (κ1) is 23.2. The average molecular weight is 591 g/mol. The molecule has 0 aliphatic carbocycles. The van der Waals surface area contributed by atoms with E-state index >= 15 is 0 Å². The van der Waals surface area contributed by atoms with Gasteiger partial charge in [0.1, 0.15) is 17.9 Å². The lowest BCUT2D eigenvalue weighted by atomic mass is 10.1. The summed E-state index contributed by atoms with van der Waals surface area (Å²) in [4.78, 5) is 38.6. The molecule has 0 spiro atoms. The molecule has 0 bridgehead atoms. The molecule has 33 heavy (non-hydrogen) atoms. The van der Waals surface area contributed by atoms with Crippen molar-refractivity contribution in [3.63, 3.8) is 0 Å². The molecule has 6 nitrogen and oxygen atoms in total. The number of nitrogens with one attached hydrogen (secondary N) is 1. The summed E-state index contributed by atoms with van der Waals surface area (Å²) in [6.07, 6.45) is 1.43. The fraction of sp³-hybridized carbons (Fsp3) is 0.0417. The Morgan fingerprint density at radius 2 is 1.67 bits per heavy atom. The number of barbiturate groups is 1. The van der Waals surface area contributed by atoms with Crippen LogP contribution in [0, 0.1) is 0 Å². The molecule has 166 valence electrons. The third-order valence-corrected chi connectivity index (χ3v) is 6.44. The van der Waals surface area contributed by atoms with E-state index in [1.165, 1.54) is 18.2 Å². The molecule has 0 atom stereocenters. The van der Waals surface area contributed by atoms with Crippen molar-refractivity contribution in [2.24, 2.45) is 0 Å². The number of imide groups is 2. The van der Waals surface area contributed by atoms with Gasteiger partial charge in [-0.25, -0.2) is 9.69 Å². The minimum Gasteiger partial charge on any atom is -0.488 e. The van der Waals surface area contributed by atoms with Crippen LogP contribution in [0.25, 0.3) is 6.08 Å². The smallest absolute Gasteiger partial charge is 0.335 e. The normalized spacial score (nSPS) is 15.1. The van der Waals surface area contributed by atoms with Crippen LogP contribution in [0.5, 0.6) is 5.75 Å². The van der Waals surface area contributed by atoms with Crippen LogP contribution in [-0.2, 0) is 16.2 Å². The molecule has 0 unspecified atom stereocenters. The van der Waals surface area contributed by atoms with E-state index in [9.17, 15) is 14.4 Å². The highest BCUT2D eigenvalue weighted by atomic mass is 79.9. The van der Waals surface area contributed by atoms with Gasteiger partial charge in [-0.1, -0.05) is 51.8 Å². The van der Waals surface area contributed by atoms with Gasteiger partial charge in [0.05, 0.1) is 10.2 Å². The molecule has 3 aromatic rings. The molecule has 4 amide bonds. The summed E-state index contributed by atoms with van der Waals surface area (Å²) in [6.45, 7) is 0.361. The van der Waals surface area contributed by atoms with Gasteiger partial charge in [0.15, 0.2) is 0 Å². The number of rotatable bonds is 5. The number of benzene rings is 3. The van der Waals surface area contributed by atoms with Gasteiger partial charge >= 0.3 is 6.03 Å². The van der Waals surface area contributed by atoms with Gasteiger partial charge in [-0.15, -0.1) is 0 Å². The molecule has 1 fully saturated rings. The Bertz CT molecular complexity index is 1290. The Morgan fingerprint density at radius 1 is 0.939 bits per heavy atom. The van der Waals surface area contributed by atoms with Gasteiger partial charge in [-0.05, 0) is 70.0 Å². The second-order valence-electron chi connectivity index (χ2n) is 7.00. The number of hydrogen-bond acceptors (Lipinski definition) is 4. The molecule has 3 aromatic carbocycles. The second-order valence-corrected chi connectivity index (χ2v) is 9.15. The van der Waals surface area contributed by atoms with Crippen molar-refractivity contribution < 1.29 is 19.1 Å². The van der Waals surface area contributed by atoms with Gasteiger partial charge in [0, 0.05) is 15.1 Å². The quantitative estimate of drug-likeness (QED) is 0.288. The van der Waals surface area contributed by atoms with E-state index in [1.54, 1.807) is 30.3 Å². The van der Waals surface area contributed by atoms with Crippen LogP contribution in [0.2, 0.25) is 5.02 Å². The predicted octanol–water partition coefficient (Wildman–Crippen LogP) is 6.11. The summed E-state index contributed by atoms with van der Waals surface area (Å²) in [5.41, 5.74) is 1.71. The summed E-state index contributed by atoms with van der Waals surface area (Å²) in [5.74, 6) is -0.887. The fourth-order valence-electron chi connectivity index (χ4n) is 3.14. The SMILES string of the molecule is O=C1NC(=O)N(c2ccc(Cl)cc2)C(=O)/C1=C/c1ccc(OCc2ccccc2Br)c(Br)c1. The van der Waals surface area contributed by atoms with Crippen LogP contribution < -0.4 is 15.0 Å². The van der Waals surface area contributed by atoms with Gasteiger partial charge in [-0.2, -0.15) is 0 Å². The van der Waals surface area contributed by atoms with Crippen LogP contribution in [0.15, 0.2) is 81.2 Å². The van der Waals surface area contributed by atoms with Crippen molar-refractivity contribution in [2.75, 3.05) is 4.90 Å². The molecule has 1 saturated heterocycles. The number of hydrogen-bond donors (Lipinski definition) is 1. The maximum absolute atomic E-state index is 13.0.